The molecule has 8 heteroatoms. The molecule has 154 valence electrons. The van der Waals surface area contributed by atoms with Crippen LogP contribution in [0.4, 0.5) is 5.69 Å². The number of amides is 1. The van der Waals surface area contributed by atoms with Crippen LogP contribution in [0, 0.1) is 0 Å². The Labute approximate surface area is 179 Å². The van der Waals surface area contributed by atoms with Gasteiger partial charge >= 0.3 is 0 Å². The van der Waals surface area contributed by atoms with Crippen molar-refractivity contribution in [2.45, 2.75) is 23.2 Å². The van der Waals surface area contributed by atoms with Crippen LogP contribution in [0.2, 0.25) is 0 Å². The monoisotopic (exact) mass is 478 g/mol. The molecule has 0 radical (unpaired) electrons. The summed E-state index contributed by atoms with van der Waals surface area (Å²) in [6, 6.07) is 12.5. The molecule has 0 bridgehead atoms. The van der Waals surface area contributed by atoms with Crippen molar-refractivity contribution in [2.24, 2.45) is 0 Å². The number of benzene rings is 2. The second-order valence-corrected chi connectivity index (χ2v) is 10.6. The van der Waals surface area contributed by atoms with E-state index in [0.717, 1.165) is 48.2 Å². The van der Waals surface area contributed by atoms with Gasteiger partial charge in [0.2, 0.25) is 5.91 Å². The van der Waals surface area contributed by atoms with Gasteiger partial charge in [0.25, 0.3) is 0 Å². The molecule has 1 amide bonds. The second-order valence-electron chi connectivity index (χ2n) is 7.66. The Hall–Kier alpha value is -1.90. The van der Waals surface area contributed by atoms with Crippen LogP contribution in [0.15, 0.2) is 51.8 Å². The highest BCUT2D eigenvalue weighted by Gasteiger charge is 2.48. The third-order valence-corrected chi connectivity index (χ3v) is 7.44. The number of anilines is 1. The van der Waals surface area contributed by atoms with E-state index in [4.69, 9.17) is 4.74 Å². The number of likely N-dealkylation sites (tertiary alicyclic amines) is 1. The van der Waals surface area contributed by atoms with E-state index in [-0.39, 0.29) is 10.8 Å². The lowest BCUT2D eigenvalue weighted by Crippen LogP contribution is -2.47. The van der Waals surface area contributed by atoms with Crippen LogP contribution in [-0.4, -0.2) is 51.7 Å². The summed E-state index contributed by atoms with van der Waals surface area (Å²) >= 11 is 3.52. The molecule has 1 saturated heterocycles. The third-order valence-electron chi connectivity index (χ3n) is 5.82. The molecule has 29 heavy (non-hydrogen) atoms. The first kappa shape index (κ1) is 20.4. The number of nitrogens with zero attached hydrogens (tertiary/aromatic N) is 1. The molecule has 0 atom stereocenters. The van der Waals surface area contributed by atoms with Crippen LogP contribution in [0.5, 0.6) is 5.75 Å². The van der Waals surface area contributed by atoms with Crippen LogP contribution in [0.1, 0.15) is 18.4 Å². The molecule has 0 saturated carbocycles. The largest absolute Gasteiger partial charge is 0.492 e. The maximum atomic E-state index is 12.7. The quantitative estimate of drug-likeness (QED) is 0.713. The summed E-state index contributed by atoms with van der Waals surface area (Å²) in [5.74, 6) is 0.757. The van der Waals surface area contributed by atoms with Gasteiger partial charge in [-0.3, -0.25) is 9.69 Å². The first-order valence-electron chi connectivity index (χ1n) is 9.55. The summed E-state index contributed by atoms with van der Waals surface area (Å²) in [6.07, 6.45) is 2.75. The number of piperidine rings is 1. The number of sulfone groups is 1. The molecule has 2 heterocycles. The van der Waals surface area contributed by atoms with Crippen molar-refractivity contribution in [3.63, 3.8) is 0 Å². The van der Waals surface area contributed by atoms with Crippen LogP contribution < -0.4 is 10.1 Å². The summed E-state index contributed by atoms with van der Waals surface area (Å²) in [5.41, 5.74) is 1.59. The minimum absolute atomic E-state index is 0.104. The number of rotatable bonds is 5. The summed E-state index contributed by atoms with van der Waals surface area (Å²) < 4.78 is 29.8. The van der Waals surface area contributed by atoms with Gasteiger partial charge in [0, 0.05) is 23.0 Å². The number of hydrogen-bond acceptors (Lipinski definition) is 5. The summed E-state index contributed by atoms with van der Waals surface area (Å²) in [4.78, 5) is 15.3. The fourth-order valence-corrected chi connectivity index (χ4v) is 5.11. The van der Waals surface area contributed by atoms with E-state index in [2.05, 4.69) is 32.2 Å². The Morgan fingerprint density at radius 3 is 2.48 bits per heavy atom. The normalized spacial score (nSPS) is 18.5. The molecule has 2 aliphatic heterocycles. The number of carbonyl (C=O) groups is 1. The Bertz CT molecular complexity index is 1030. The lowest BCUT2D eigenvalue weighted by atomic mass is 9.74. The highest BCUT2D eigenvalue weighted by molar-refractivity contribution is 9.10. The molecule has 0 aromatic heterocycles. The fraction of sp³-hybridized carbons (Fsp3) is 0.381. The number of ether oxygens (including phenoxy) is 1. The molecule has 4 rings (SSSR count). The number of nitrogens with one attached hydrogen (secondary N) is 1. The molecule has 2 aromatic rings. The van der Waals surface area contributed by atoms with Gasteiger partial charge < -0.3 is 10.1 Å². The van der Waals surface area contributed by atoms with Gasteiger partial charge in [-0.15, -0.1) is 0 Å². The van der Waals surface area contributed by atoms with E-state index >= 15 is 0 Å². The SMILES string of the molecule is CS(=O)(=O)c1ccc(OCCN2CCC3(CC2)C(=O)Nc2ccc(Br)cc23)cc1. The molecule has 1 N–H and O–H groups in total. The topological polar surface area (TPSA) is 75.7 Å². The van der Waals surface area contributed by atoms with Gasteiger partial charge in [-0.05, 0) is 74.0 Å². The maximum Gasteiger partial charge on any atom is 0.235 e. The summed E-state index contributed by atoms with van der Waals surface area (Å²) in [5, 5.41) is 3.03. The molecular weight excluding hydrogens is 456 g/mol. The van der Waals surface area contributed by atoms with Gasteiger partial charge in [-0.25, -0.2) is 8.42 Å². The Kier molecular flexibility index (Phi) is 5.44. The van der Waals surface area contributed by atoms with Crippen molar-refractivity contribution in [1.29, 1.82) is 0 Å². The number of hydrogen-bond donors (Lipinski definition) is 1. The van der Waals surface area contributed by atoms with Gasteiger partial charge in [-0.1, -0.05) is 15.9 Å². The van der Waals surface area contributed by atoms with Gasteiger partial charge in [0.05, 0.1) is 10.3 Å². The predicted octanol–water partition coefficient (Wildman–Crippen LogP) is 3.22. The molecule has 1 spiro atoms. The van der Waals surface area contributed by atoms with Crippen molar-refractivity contribution in [2.75, 3.05) is 37.8 Å². The second kappa shape index (κ2) is 7.74. The number of carbonyl (C=O) groups excluding carboxylic acids is 1. The van der Waals surface area contributed by atoms with Crippen LogP contribution in [0.25, 0.3) is 0 Å². The molecule has 0 aliphatic carbocycles. The minimum Gasteiger partial charge on any atom is -0.492 e. The fourth-order valence-electron chi connectivity index (χ4n) is 4.12. The zero-order valence-corrected chi connectivity index (χ0v) is 18.6. The number of fused-ring (bicyclic) bond motifs is 2. The van der Waals surface area contributed by atoms with E-state index < -0.39 is 15.3 Å². The number of halogens is 1. The highest BCUT2D eigenvalue weighted by Crippen LogP contribution is 2.45. The zero-order valence-electron chi connectivity index (χ0n) is 16.2. The van der Waals surface area contributed by atoms with Crippen LogP contribution >= 0.6 is 15.9 Å². The Morgan fingerprint density at radius 2 is 1.83 bits per heavy atom. The van der Waals surface area contributed by atoms with Gasteiger partial charge in [0.15, 0.2) is 9.84 Å². The molecule has 1 fully saturated rings. The molecule has 6 nitrogen and oxygen atoms in total. The summed E-state index contributed by atoms with van der Waals surface area (Å²) in [7, 11) is -3.20. The average molecular weight is 479 g/mol. The van der Waals surface area contributed by atoms with Crippen molar-refractivity contribution in [3.05, 3.63) is 52.5 Å². The maximum absolute atomic E-state index is 12.7. The van der Waals surface area contributed by atoms with E-state index in [0.29, 0.717) is 12.4 Å². The van der Waals surface area contributed by atoms with Crippen molar-refractivity contribution in [3.8, 4) is 5.75 Å². The highest BCUT2D eigenvalue weighted by atomic mass is 79.9. The van der Waals surface area contributed by atoms with E-state index in [1.807, 2.05) is 12.1 Å². The van der Waals surface area contributed by atoms with Crippen molar-refractivity contribution in [1.82, 2.24) is 4.90 Å². The first-order valence-corrected chi connectivity index (χ1v) is 12.2. The predicted molar refractivity (Wildman–Crippen MR) is 115 cm³/mol. The molecular formula is C21H23BrN2O4S. The first-order chi connectivity index (χ1) is 13.8. The molecule has 0 unspecified atom stereocenters. The minimum atomic E-state index is -3.20. The molecule has 2 aromatic carbocycles. The van der Waals surface area contributed by atoms with E-state index in [1.165, 1.54) is 6.26 Å². The third kappa shape index (κ3) is 4.06. The van der Waals surface area contributed by atoms with E-state index in [9.17, 15) is 13.2 Å². The zero-order chi connectivity index (χ0) is 20.6. The standard InChI is InChI=1S/C21H23BrN2O4S/c1-29(26,27)17-5-3-16(4-6-17)28-13-12-24-10-8-21(9-11-24)18-14-15(22)2-7-19(18)23-20(21)25/h2-7,14H,8-13H2,1H3,(H,23,25). The van der Waals surface area contributed by atoms with Gasteiger partial charge in [-0.2, -0.15) is 0 Å². The lowest BCUT2D eigenvalue weighted by molar-refractivity contribution is -0.122. The smallest absolute Gasteiger partial charge is 0.235 e. The Morgan fingerprint density at radius 1 is 1.14 bits per heavy atom. The average Bonchev–Trinajstić information content (AvgIpc) is 2.94. The van der Waals surface area contributed by atoms with Crippen LogP contribution in [-0.2, 0) is 20.0 Å². The molecule has 2 aliphatic rings. The van der Waals surface area contributed by atoms with Crippen molar-refractivity contribution < 1.29 is 17.9 Å². The summed E-state index contributed by atoms with van der Waals surface area (Å²) in [6.45, 7) is 2.93. The Balaban J connectivity index is 1.32. The lowest BCUT2D eigenvalue weighted by Gasteiger charge is -2.38. The van der Waals surface area contributed by atoms with Crippen molar-refractivity contribution >= 4 is 37.4 Å². The van der Waals surface area contributed by atoms with Gasteiger partial charge in [0.1, 0.15) is 12.4 Å². The van der Waals surface area contributed by atoms with E-state index in [1.54, 1.807) is 24.3 Å². The van der Waals surface area contributed by atoms with Crippen LogP contribution in [0.3, 0.4) is 0 Å².